The van der Waals surface area contributed by atoms with Gasteiger partial charge in [0.25, 0.3) is 0 Å². The minimum atomic E-state index is -4.40. The first-order valence-corrected chi connectivity index (χ1v) is 6.27. The van der Waals surface area contributed by atoms with Gasteiger partial charge in [-0.2, -0.15) is 18.3 Å². The molecule has 10 heteroatoms. The van der Waals surface area contributed by atoms with Crippen molar-refractivity contribution in [3.63, 3.8) is 0 Å². The van der Waals surface area contributed by atoms with Crippen LogP contribution in [0.15, 0.2) is 6.20 Å². The predicted molar refractivity (Wildman–Crippen MR) is 68.9 cm³/mol. The Hall–Kier alpha value is -2.13. The number of amides is 1. The summed E-state index contributed by atoms with van der Waals surface area (Å²) in [5, 5.41) is 14.7. The molecule has 0 saturated carbocycles. The molecule has 4 N–H and O–H groups in total. The summed E-state index contributed by atoms with van der Waals surface area (Å²) in [5.74, 6) is -1.27. The van der Waals surface area contributed by atoms with Crippen molar-refractivity contribution in [2.45, 2.75) is 18.6 Å². The Kier molecular flexibility index (Phi) is 3.88. The van der Waals surface area contributed by atoms with E-state index in [1.807, 2.05) is 0 Å². The normalized spacial score (nSPS) is 23.1. The van der Waals surface area contributed by atoms with Crippen LogP contribution in [0.1, 0.15) is 6.42 Å². The molecule has 0 radical (unpaired) electrons. The van der Waals surface area contributed by atoms with E-state index in [9.17, 15) is 18.0 Å². The molecule has 0 spiro atoms. The van der Waals surface area contributed by atoms with Crippen LogP contribution < -0.4 is 16.0 Å². The maximum atomic E-state index is 13.0. The Morgan fingerprint density at radius 2 is 2.19 bits per heavy atom. The summed E-state index contributed by atoms with van der Waals surface area (Å²) in [6.45, 7) is -0.159. The summed E-state index contributed by atoms with van der Waals surface area (Å²) in [7, 11) is 1.57. The van der Waals surface area contributed by atoms with Gasteiger partial charge in [0.2, 0.25) is 0 Å². The average molecular weight is 307 g/mol. The SMILES string of the molecule is Cn1ncc(N)c1N1C[C@@H](NC(=O)O)C[C@@H](C(F)(F)F)C1. The molecular weight excluding hydrogens is 291 g/mol. The van der Waals surface area contributed by atoms with Crippen molar-refractivity contribution in [3.05, 3.63) is 6.20 Å². The highest BCUT2D eigenvalue weighted by Gasteiger charge is 2.45. The number of nitrogen functional groups attached to an aromatic ring is 1. The number of aryl methyl sites for hydroxylation is 1. The maximum Gasteiger partial charge on any atom is 0.404 e. The summed E-state index contributed by atoms with van der Waals surface area (Å²) < 4.78 is 40.4. The monoisotopic (exact) mass is 307 g/mol. The third-order valence-electron chi connectivity index (χ3n) is 3.48. The second kappa shape index (κ2) is 5.34. The zero-order valence-electron chi connectivity index (χ0n) is 11.3. The van der Waals surface area contributed by atoms with Gasteiger partial charge < -0.3 is 21.1 Å². The minimum Gasteiger partial charge on any atom is -0.465 e. The van der Waals surface area contributed by atoms with Crippen molar-refractivity contribution in [1.82, 2.24) is 15.1 Å². The van der Waals surface area contributed by atoms with Gasteiger partial charge in [0.1, 0.15) is 5.82 Å². The largest absolute Gasteiger partial charge is 0.465 e. The van der Waals surface area contributed by atoms with Crippen LogP contribution in [-0.2, 0) is 7.05 Å². The van der Waals surface area contributed by atoms with Crippen molar-refractivity contribution in [1.29, 1.82) is 0 Å². The number of hydrogen-bond acceptors (Lipinski definition) is 4. The number of anilines is 2. The number of alkyl halides is 3. The van der Waals surface area contributed by atoms with Crippen LogP contribution in [0.5, 0.6) is 0 Å². The van der Waals surface area contributed by atoms with Crippen LogP contribution >= 0.6 is 0 Å². The molecule has 1 aliphatic rings. The zero-order chi connectivity index (χ0) is 15.8. The van der Waals surface area contributed by atoms with E-state index in [2.05, 4.69) is 10.4 Å². The summed E-state index contributed by atoms with van der Waals surface area (Å²) in [6.07, 6.45) is -4.68. The topological polar surface area (TPSA) is 96.4 Å². The summed E-state index contributed by atoms with van der Waals surface area (Å²) in [5.41, 5.74) is 5.99. The molecule has 0 aromatic carbocycles. The van der Waals surface area contributed by atoms with E-state index >= 15 is 0 Å². The fourth-order valence-corrected chi connectivity index (χ4v) is 2.62. The fraction of sp³-hybridized carbons (Fsp3) is 0.636. The van der Waals surface area contributed by atoms with Gasteiger partial charge in [0.05, 0.1) is 23.8 Å². The second-order valence-corrected chi connectivity index (χ2v) is 5.07. The number of nitrogens with one attached hydrogen (secondary N) is 1. The smallest absolute Gasteiger partial charge is 0.404 e. The van der Waals surface area contributed by atoms with Gasteiger partial charge in [0.15, 0.2) is 0 Å². The van der Waals surface area contributed by atoms with Gasteiger partial charge in [-0.3, -0.25) is 4.68 Å². The van der Waals surface area contributed by atoms with Gasteiger partial charge in [-0.15, -0.1) is 0 Å². The number of piperidine rings is 1. The number of rotatable bonds is 2. The maximum absolute atomic E-state index is 13.0. The lowest BCUT2D eigenvalue weighted by atomic mass is 9.93. The number of nitrogens with two attached hydrogens (primary N) is 1. The summed E-state index contributed by atoms with van der Waals surface area (Å²) in [6, 6.07) is -0.822. The Morgan fingerprint density at radius 1 is 1.52 bits per heavy atom. The number of halogens is 3. The van der Waals surface area contributed by atoms with Gasteiger partial charge >= 0.3 is 12.3 Å². The lowest BCUT2D eigenvalue weighted by Crippen LogP contribution is -2.54. The Labute approximate surface area is 118 Å². The third kappa shape index (κ3) is 3.31. The highest BCUT2D eigenvalue weighted by atomic mass is 19.4. The second-order valence-electron chi connectivity index (χ2n) is 5.07. The molecular formula is C11H16F3N5O2. The number of hydrogen-bond donors (Lipinski definition) is 3. The highest BCUT2D eigenvalue weighted by Crippen LogP contribution is 2.36. The Morgan fingerprint density at radius 3 is 2.67 bits per heavy atom. The number of carbonyl (C=O) groups is 1. The minimum absolute atomic E-state index is 0.114. The molecule has 2 rings (SSSR count). The van der Waals surface area contributed by atoms with Gasteiger partial charge in [-0.25, -0.2) is 4.79 Å². The molecule has 2 heterocycles. The molecule has 1 amide bonds. The van der Waals surface area contributed by atoms with Crippen molar-refractivity contribution >= 4 is 17.6 Å². The average Bonchev–Trinajstić information content (AvgIpc) is 2.66. The van der Waals surface area contributed by atoms with Gasteiger partial charge in [0, 0.05) is 20.1 Å². The first-order valence-electron chi connectivity index (χ1n) is 6.27. The van der Waals surface area contributed by atoms with Crippen LogP contribution in [0.25, 0.3) is 0 Å². The van der Waals surface area contributed by atoms with E-state index < -0.39 is 24.2 Å². The summed E-state index contributed by atoms with van der Waals surface area (Å²) >= 11 is 0. The highest BCUT2D eigenvalue weighted by molar-refractivity contribution is 5.66. The van der Waals surface area contributed by atoms with Crippen LogP contribution in [0, 0.1) is 5.92 Å². The van der Waals surface area contributed by atoms with E-state index in [1.54, 1.807) is 7.05 Å². The Balaban J connectivity index is 2.26. The molecule has 1 aromatic heterocycles. The molecule has 2 atom stereocenters. The van der Waals surface area contributed by atoms with Gasteiger partial charge in [-0.1, -0.05) is 0 Å². The molecule has 0 unspecified atom stereocenters. The van der Waals surface area contributed by atoms with Crippen LogP contribution in [0.2, 0.25) is 0 Å². The molecule has 118 valence electrons. The van der Waals surface area contributed by atoms with E-state index in [0.717, 1.165) is 0 Å². The fourth-order valence-electron chi connectivity index (χ4n) is 2.62. The van der Waals surface area contributed by atoms with E-state index in [1.165, 1.54) is 15.8 Å². The van der Waals surface area contributed by atoms with Crippen molar-refractivity contribution < 1.29 is 23.1 Å². The van der Waals surface area contributed by atoms with E-state index in [4.69, 9.17) is 10.8 Å². The zero-order valence-corrected chi connectivity index (χ0v) is 11.3. The number of aromatic nitrogens is 2. The molecule has 21 heavy (non-hydrogen) atoms. The van der Waals surface area contributed by atoms with Crippen molar-refractivity contribution in [2.24, 2.45) is 13.0 Å². The van der Waals surface area contributed by atoms with Crippen LogP contribution in [0.4, 0.5) is 29.5 Å². The van der Waals surface area contributed by atoms with E-state index in [-0.39, 0.29) is 25.2 Å². The Bertz CT molecular complexity index is 511. The molecule has 1 fully saturated rings. The lowest BCUT2D eigenvalue weighted by Gasteiger charge is -2.39. The first-order chi connectivity index (χ1) is 9.68. The predicted octanol–water partition coefficient (Wildman–Crippen LogP) is 1.03. The number of nitrogens with zero attached hydrogens (tertiary/aromatic N) is 3. The van der Waals surface area contributed by atoms with Crippen LogP contribution in [-0.4, -0.2) is 46.3 Å². The van der Waals surface area contributed by atoms with Crippen molar-refractivity contribution in [2.75, 3.05) is 23.7 Å². The van der Waals surface area contributed by atoms with Gasteiger partial charge in [-0.05, 0) is 6.42 Å². The summed E-state index contributed by atoms with van der Waals surface area (Å²) in [4.78, 5) is 12.1. The standard InChI is InChI=1S/C11H16F3N5O2/c1-18-9(8(15)3-16-18)19-4-6(11(12,13)14)2-7(5-19)17-10(20)21/h3,6-7,17H,2,4-5,15H2,1H3,(H,20,21)/t6-,7+/m1/s1. The molecule has 0 aliphatic carbocycles. The van der Waals surface area contributed by atoms with E-state index in [0.29, 0.717) is 5.82 Å². The molecule has 1 aliphatic heterocycles. The number of carboxylic acid groups (broad SMARTS) is 1. The molecule has 1 saturated heterocycles. The molecule has 0 bridgehead atoms. The molecule has 7 nitrogen and oxygen atoms in total. The quantitative estimate of drug-likeness (QED) is 0.758. The molecule has 1 aromatic rings. The van der Waals surface area contributed by atoms with Crippen molar-refractivity contribution in [3.8, 4) is 0 Å². The third-order valence-corrected chi connectivity index (χ3v) is 3.48. The van der Waals surface area contributed by atoms with Crippen LogP contribution in [0.3, 0.4) is 0 Å². The first kappa shape index (κ1) is 15.3. The lowest BCUT2D eigenvalue weighted by molar-refractivity contribution is -0.177.